The summed E-state index contributed by atoms with van der Waals surface area (Å²) in [6, 6.07) is 1.08. The number of nitro groups is 1. The standard InChI is InChI=1S/C9H7F3N2O4.C8H18O/c1-4-2-6(13-8(15)16)7(14(17)18)3-5(4)9(10,11)12;1-7(2,3)9-8(4,5)6/h2-3,13H,1H3,(H,15,16);1-6H3. The fraction of sp³-hybridized carbons (Fsp3) is 0.588. The molecular formula is C17H25F3N2O5. The molecule has 0 fully saturated rings. The van der Waals surface area contributed by atoms with Gasteiger partial charge in [0, 0.05) is 6.07 Å². The van der Waals surface area contributed by atoms with Crippen LogP contribution in [0.5, 0.6) is 0 Å². The van der Waals surface area contributed by atoms with Crippen molar-refractivity contribution < 1.29 is 32.7 Å². The third-order valence-corrected chi connectivity index (χ3v) is 2.70. The number of benzene rings is 1. The number of alkyl halides is 3. The van der Waals surface area contributed by atoms with Crippen LogP contribution in [0.25, 0.3) is 0 Å². The number of halogens is 3. The smallest absolute Gasteiger partial charge is 0.416 e. The predicted octanol–water partition coefficient (Wildman–Crippen LogP) is 5.61. The van der Waals surface area contributed by atoms with Crippen molar-refractivity contribution in [3.05, 3.63) is 33.4 Å². The van der Waals surface area contributed by atoms with Crippen molar-refractivity contribution in [2.45, 2.75) is 65.8 Å². The number of rotatable bonds is 2. The van der Waals surface area contributed by atoms with E-state index < -0.39 is 34.1 Å². The van der Waals surface area contributed by atoms with Crippen LogP contribution in [0, 0.1) is 17.0 Å². The zero-order valence-electron chi connectivity index (χ0n) is 16.3. The van der Waals surface area contributed by atoms with Crippen LogP contribution in [-0.4, -0.2) is 27.3 Å². The molecule has 0 aliphatic heterocycles. The molecule has 0 aliphatic carbocycles. The molecule has 1 rings (SSSR count). The number of carbonyl (C=O) groups is 1. The summed E-state index contributed by atoms with van der Waals surface area (Å²) in [6.45, 7) is 13.5. The van der Waals surface area contributed by atoms with E-state index in [9.17, 15) is 28.1 Å². The molecule has 27 heavy (non-hydrogen) atoms. The molecule has 0 heterocycles. The summed E-state index contributed by atoms with van der Waals surface area (Å²) in [5, 5.41) is 20.7. The molecule has 0 saturated heterocycles. The zero-order chi connectivity index (χ0) is 21.8. The summed E-state index contributed by atoms with van der Waals surface area (Å²) < 4.78 is 43.2. The first kappa shape index (κ1) is 24.6. The number of aryl methyl sites for hydroxylation is 1. The molecule has 1 amide bonds. The summed E-state index contributed by atoms with van der Waals surface area (Å²) in [6.07, 6.45) is -6.34. The fourth-order valence-corrected chi connectivity index (χ4v) is 2.29. The molecule has 0 unspecified atom stereocenters. The molecule has 0 spiro atoms. The van der Waals surface area contributed by atoms with Crippen LogP contribution < -0.4 is 5.32 Å². The molecule has 2 N–H and O–H groups in total. The van der Waals surface area contributed by atoms with Gasteiger partial charge in [-0.05, 0) is 60.1 Å². The predicted molar refractivity (Wildman–Crippen MR) is 95.1 cm³/mol. The highest BCUT2D eigenvalue weighted by Gasteiger charge is 2.35. The Morgan fingerprint density at radius 3 is 1.81 bits per heavy atom. The Morgan fingerprint density at radius 2 is 1.56 bits per heavy atom. The second-order valence-corrected chi connectivity index (χ2v) is 7.70. The van der Waals surface area contributed by atoms with Gasteiger partial charge in [-0.3, -0.25) is 15.4 Å². The largest absolute Gasteiger partial charge is 0.465 e. The van der Waals surface area contributed by atoms with E-state index >= 15 is 0 Å². The van der Waals surface area contributed by atoms with Gasteiger partial charge in [0.2, 0.25) is 0 Å². The van der Waals surface area contributed by atoms with E-state index in [0.717, 1.165) is 13.0 Å². The Kier molecular flexibility index (Phi) is 7.81. The van der Waals surface area contributed by atoms with Crippen molar-refractivity contribution in [2.75, 3.05) is 5.32 Å². The lowest BCUT2D eigenvalue weighted by Gasteiger charge is -2.30. The first-order chi connectivity index (χ1) is 11.8. The highest BCUT2D eigenvalue weighted by Crippen LogP contribution is 2.37. The van der Waals surface area contributed by atoms with Crippen LogP contribution in [0.4, 0.5) is 29.3 Å². The molecule has 0 saturated carbocycles. The molecule has 0 bridgehead atoms. The second-order valence-electron chi connectivity index (χ2n) is 7.70. The number of nitrogens with one attached hydrogen (secondary N) is 1. The molecule has 1 aromatic rings. The molecule has 7 nitrogen and oxygen atoms in total. The van der Waals surface area contributed by atoms with E-state index in [1.165, 1.54) is 0 Å². The molecule has 0 atom stereocenters. The van der Waals surface area contributed by atoms with Crippen LogP contribution in [0.15, 0.2) is 12.1 Å². The van der Waals surface area contributed by atoms with Crippen molar-refractivity contribution >= 4 is 17.5 Å². The zero-order valence-corrected chi connectivity index (χ0v) is 16.3. The highest BCUT2D eigenvalue weighted by atomic mass is 19.4. The number of hydrogen-bond donors (Lipinski definition) is 2. The number of ether oxygens (including phenoxy) is 1. The van der Waals surface area contributed by atoms with Crippen molar-refractivity contribution in [1.82, 2.24) is 0 Å². The summed E-state index contributed by atoms with van der Waals surface area (Å²) in [5.74, 6) is 0. The maximum atomic E-state index is 12.5. The Labute approximate surface area is 155 Å². The molecular weight excluding hydrogens is 369 g/mol. The third-order valence-electron chi connectivity index (χ3n) is 2.70. The van der Waals surface area contributed by atoms with Gasteiger partial charge in [-0.1, -0.05) is 0 Å². The fourth-order valence-electron chi connectivity index (χ4n) is 2.29. The molecule has 0 aromatic heterocycles. The van der Waals surface area contributed by atoms with Crippen molar-refractivity contribution in [1.29, 1.82) is 0 Å². The van der Waals surface area contributed by atoms with Crippen LogP contribution in [-0.2, 0) is 10.9 Å². The van der Waals surface area contributed by atoms with Gasteiger partial charge in [0.1, 0.15) is 5.69 Å². The van der Waals surface area contributed by atoms with E-state index in [-0.39, 0.29) is 16.8 Å². The van der Waals surface area contributed by atoms with Crippen LogP contribution >= 0.6 is 0 Å². The lowest BCUT2D eigenvalue weighted by atomic mass is 10.1. The Balaban J connectivity index is 0.000000636. The minimum absolute atomic E-state index is 0.0156. The summed E-state index contributed by atoms with van der Waals surface area (Å²) in [5.41, 5.74) is -2.97. The monoisotopic (exact) mass is 394 g/mol. The van der Waals surface area contributed by atoms with Crippen LogP contribution in [0.3, 0.4) is 0 Å². The van der Waals surface area contributed by atoms with Crippen LogP contribution in [0.1, 0.15) is 52.7 Å². The molecule has 1 aromatic carbocycles. The van der Waals surface area contributed by atoms with E-state index in [1.807, 2.05) is 0 Å². The summed E-state index contributed by atoms with van der Waals surface area (Å²) in [7, 11) is 0. The molecule has 154 valence electrons. The van der Waals surface area contributed by atoms with Gasteiger partial charge in [0.05, 0.1) is 21.7 Å². The summed E-state index contributed by atoms with van der Waals surface area (Å²) >= 11 is 0. The topological polar surface area (TPSA) is 102 Å². The van der Waals surface area contributed by atoms with E-state index in [4.69, 9.17) is 9.84 Å². The van der Waals surface area contributed by atoms with Gasteiger partial charge in [-0.15, -0.1) is 0 Å². The number of anilines is 1. The quantitative estimate of drug-likeness (QED) is 0.501. The number of nitrogens with zero attached hydrogens (tertiary/aromatic N) is 1. The molecule has 10 heteroatoms. The van der Waals surface area contributed by atoms with Crippen molar-refractivity contribution in [2.24, 2.45) is 0 Å². The lowest BCUT2D eigenvalue weighted by Crippen LogP contribution is -2.31. The second kappa shape index (κ2) is 8.55. The molecule has 0 aliphatic rings. The van der Waals surface area contributed by atoms with E-state index in [1.54, 1.807) is 5.32 Å². The highest BCUT2D eigenvalue weighted by molar-refractivity contribution is 5.86. The average molecular weight is 394 g/mol. The number of amides is 1. The van der Waals surface area contributed by atoms with E-state index in [2.05, 4.69) is 41.5 Å². The van der Waals surface area contributed by atoms with Crippen LogP contribution in [0.2, 0.25) is 0 Å². The van der Waals surface area contributed by atoms with Gasteiger partial charge in [0.15, 0.2) is 0 Å². The van der Waals surface area contributed by atoms with Gasteiger partial charge >= 0.3 is 12.3 Å². The SMILES string of the molecule is CC(C)(C)OC(C)(C)C.Cc1cc(NC(=O)O)c([N+](=O)[O-])cc1C(F)(F)F. The lowest BCUT2D eigenvalue weighted by molar-refractivity contribution is -0.384. The van der Waals surface area contributed by atoms with E-state index in [0.29, 0.717) is 6.07 Å². The number of hydrogen-bond acceptors (Lipinski definition) is 4. The minimum atomic E-state index is -4.74. The first-order valence-corrected chi connectivity index (χ1v) is 7.90. The minimum Gasteiger partial charge on any atom is -0.465 e. The number of carboxylic acid groups (broad SMARTS) is 1. The summed E-state index contributed by atoms with van der Waals surface area (Å²) in [4.78, 5) is 19.9. The van der Waals surface area contributed by atoms with Crippen molar-refractivity contribution in [3.8, 4) is 0 Å². The molecule has 0 radical (unpaired) electrons. The van der Waals surface area contributed by atoms with Gasteiger partial charge in [-0.25, -0.2) is 4.79 Å². The Bertz CT molecular complexity index is 678. The Hall–Kier alpha value is -2.36. The maximum Gasteiger partial charge on any atom is 0.416 e. The van der Waals surface area contributed by atoms with Gasteiger partial charge in [-0.2, -0.15) is 13.2 Å². The number of nitro benzene ring substituents is 1. The van der Waals surface area contributed by atoms with Gasteiger partial charge in [0.25, 0.3) is 5.69 Å². The normalized spacial score (nSPS) is 12.1. The third kappa shape index (κ3) is 9.78. The first-order valence-electron chi connectivity index (χ1n) is 7.90. The van der Waals surface area contributed by atoms with Crippen molar-refractivity contribution in [3.63, 3.8) is 0 Å². The van der Waals surface area contributed by atoms with Gasteiger partial charge < -0.3 is 9.84 Å². The maximum absolute atomic E-state index is 12.5. The Morgan fingerprint density at radius 1 is 1.11 bits per heavy atom. The average Bonchev–Trinajstić information content (AvgIpc) is 2.31.